The topological polar surface area (TPSA) is 132 Å². The van der Waals surface area contributed by atoms with Crippen LogP contribution in [0.1, 0.15) is 52.8 Å². The molecular formula is C30H29ClN6O5. The van der Waals surface area contributed by atoms with Crippen molar-refractivity contribution in [3.05, 3.63) is 75.7 Å². The lowest BCUT2D eigenvalue weighted by atomic mass is 9.86. The van der Waals surface area contributed by atoms with E-state index in [0.717, 1.165) is 11.1 Å². The van der Waals surface area contributed by atoms with Gasteiger partial charge in [-0.3, -0.25) is 14.5 Å². The maximum absolute atomic E-state index is 14.5. The van der Waals surface area contributed by atoms with Gasteiger partial charge in [-0.25, -0.2) is 9.97 Å². The summed E-state index contributed by atoms with van der Waals surface area (Å²) in [4.78, 5) is 43.9. The van der Waals surface area contributed by atoms with Crippen molar-refractivity contribution < 1.29 is 24.2 Å². The van der Waals surface area contributed by atoms with Crippen LogP contribution < -0.4 is 19.7 Å². The lowest BCUT2D eigenvalue weighted by Gasteiger charge is -2.36. The van der Waals surface area contributed by atoms with Gasteiger partial charge in [0, 0.05) is 28.5 Å². The summed E-state index contributed by atoms with van der Waals surface area (Å²) in [7, 11) is 1.46. The fourth-order valence-electron chi connectivity index (χ4n) is 5.83. The van der Waals surface area contributed by atoms with Gasteiger partial charge in [-0.15, -0.1) is 0 Å². The maximum Gasteiger partial charge on any atom is 0.319 e. The van der Waals surface area contributed by atoms with Gasteiger partial charge in [-0.2, -0.15) is 4.98 Å². The Morgan fingerprint density at radius 2 is 1.90 bits per heavy atom. The van der Waals surface area contributed by atoms with Gasteiger partial charge < -0.3 is 24.5 Å². The molecule has 1 spiro atoms. The van der Waals surface area contributed by atoms with Gasteiger partial charge >= 0.3 is 6.01 Å². The molecule has 2 N–H and O–H groups in total. The van der Waals surface area contributed by atoms with Crippen molar-refractivity contribution in [3.8, 4) is 23.3 Å². The van der Waals surface area contributed by atoms with Crippen molar-refractivity contribution in [3.63, 3.8) is 0 Å². The number of halogens is 1. The number of carbonyl (C=O) groups excluding carboxylic acids is 2. The number of benzene rings is 2. The lowest BCUT2D eigenvalue weighted by Crippen LogP contribution is -2.51. The minimum atomic E-state index is -1.57. The molecule has 11 nitrogen and oxygen atoms in total. The quantitative estimate of drug-likeness (QED) is 0.324. The van der Waals surface area contributed by atoms with E-state index in [2.05, 4.69) is 15.3 Å². The molecule has 6 rings (SSSR count). The molecule has 0 saturated carbocycles. The molecular weight excluding hydrogens is 560 g/mol. The zero-order valence-corrected chi connectivity index (χ0v) is 24.5. The van der Waals surface area contributed by atoms with Crippen LogP contribution in [0.15, 0.2) is 42.6 Å². The van der Waals surface area contributed by atoms with Crippen LogP contribution in [0.5, 0.6) is 11.9 Å². The van der Waals surface area contributed by atoms with Crippen LogP contribution in [-0.4, -0.2) is 56.8 Å². The molecule has 4 heterocycles. The third kappa shape index (κ3) is 3.87. The molecule has 2 aromatic carbocycles. The number of aliphatic hydroxyl groups is 1. The van der Waals surface area contributed by atoms with Crippen molar-refractivity contribution in [1.29, 1.82) is 0 Å². The first-order valence-corrected chi connectivity index (χ1v) is 13.8. The van der Waals surface area contributed by atoms with Gasteiger partial charge in [-0.1, -0.05) is 29.8 Å². The fraction of sp³-hybridized carbons (Fsp3) is 0.300. The standard InChI is InChI=1S/C30H29ClN6O5/c1-15(2)36-24-23(34-25(36)19-14-32-29(42-11-10-38)35-26(19)41-5)27(39)37(22-13-18(31)8-7-17(22)4)30(24)20-9-6-16(3)12-21(20)33-28(30)40/h6-9,12-15,38H,10-11H2,1-5H3,(H,33,40). The summed E-state index contributed by atoms with van der Waals surface area (Å²) in [6, 6.07) is 10.7. The third-order valence-corrected chi connectivity index (χ3v) is 7.79. The summed E-state index contributed by atoms with van der Waals surface area (Å²) >= 11 is 6.43. The summed E-state index contributed by atoms with van der Waals surface area (Å²) in [5, 5.41) is 12.6. The zero-order valence-electron chi connectivity index (χ0n) is 23.7. The van der Waals surface area contributed by atoms with Crippen LogP contribution in [0.4, 0.5) is 11.4 Å². The van der Waals surface area contributed by atoms with E-state index in [9.17, 15) is 9.59 Å². The number of hydrogen-bond acceptors (Lipinski definition) is 8. The normalized spacial score (nSPS) is 17.2. The van der Waals surface area contributed by atoms with Gasteiger partial charge in [0.1, 0.15) is 12.4 Å². The van der Waals surface area contributed by atoms with Crippen molar-refractivity contribution >= 4 is 34.8 Å². The van der Waals surface area contributed by atoms with Gasteiger partial charge in [-0.05, 0) is 57.0 Å². The number of carbonyl (C=O) groups is 2. The highest BCUT2D eigenvalue weighted by atomic mass is 35.5. The Hall–Kier alpha value is -4.48. The van der Waals surface area contributed by atoms with Crippen molar-refractivity contribution in [2.24, 2.45) is 0 Å². The number of rotatable bonds is 7. The highest BCUT2D eigenvalue weighted by Crippen LogP contribution is 2.55. The monoisotopic (exact) mass is 588 g/mol. The van der Waals surface area contributed by atoms with E-state index < -0.39 is 11.4 Å². The first-order valence-electron chi connectivity index (χ1n) is 13.4. The molecule has 12 heteroatoms. The lowest BCUT2D eigenvalue weighted by molar-refractivity contribution is -0.119. The minimum Gasteiger partial charge on any atom is -0.480 e. The van der Waals surface area contributed by atoms with Crippen molar-refractivity contribution in [1.82, 2.24) is 19.5 Å². The number of anilines is 2. The Kier molecular flexibility index (Phi) is 6.66. The summed E-state index contributed by atoms with van der Waals surface area (Å²) in [5.74, 6) is -0.287. The molecule has 2 aliphatic heterocycles. The van der Waals surface area contributed by atoms with Gasteiger partial charge in [0.05, 0.1) is 30.7 Å². The molecule has 1 atom stereocenters. The zero-order chi connectivity index (χ0) is 29.9. The van der Waals surface area contributed by atoms with Gasteiger partial charge in [0.15, 0.2) is 11.2 Å². The molecule has 216 valence electrons. The van der Waals surface area contributed by atoms with Gasteiger partial charge in [0.25, 0.3) is 11.8 Å². The first kappa shape index (κ1) is 27.7. The second kappa shape index (κ2) is 10.1. The Morgan fingerprint density at radius 3 is 2.62 bits per heavy atom. The molecule has 0 radical (unpaired) electrons. The average molecular weight is 589 g/mol. The van der Waals surface area contributed by atoms with Crippen molar-refractivity contribution in [2.45, 2.75) is 39.3 Å². The second-order valence-corrected chi connectivity index (χ2v) is 11.0. The van der Waals surface area contributed by atoms with Crippen LogP contribution in [0, 0.1) is 13.8 Å². The van der Waals surface area contributed by atoms with E-state index in [-0.39, 0.29) is 42.7 Å². The molecule has 42 heavy (non-hydrogen) atoms. The number of aliphatic hydroxyl groups excluding tert-OH is 1. The van der Waals surface area contributed by atoms with Crippen LogP contribution >= 0.6 is 11.6 Å². The summed E-state index contributed by atoms with van der Waals surface area (Å²) in [5.41, 5.74) is 2.90. The van der Waals surface area contributed by atoms with E-state index in [0.29, 0.717) is 39.0 Å². The number of nitrogens with zero attached hydrogens (tertiary/aromatic N) is 5. The van der Waals surface area contributed by atoms with Crippen LogP contribution in [0.25, 0.3) is 11.4 Å². The third-order valence-electron chi connectivity index (χ3n) is 7.55. The smallest absolute Gasteiger partial charge is 0.319 e. The van der Waals surface area contributed by atoms with Crippen molar-refractivity contribution in [2.75, 3.05) is 30.5 Å². The summed E-state index contributed by atoms with van der Waals surface area (Å²) < 4.78 is 12.8. The fourth-order valence-corrected chi connectivity index (χ4v) is 6.00. The predicted molar refractivity (Wildman–Crippen MR) is 156 cm³/mol. The summed E-state index contributed by atoms with van der Waals surface area (Å²) in [6.07, 6.45) is 1.50. The van der Waals surface area contributed by atoms with E-state index in [1.54, 1.807) is 12.1 Å². The Balaban J connectivity index is 1.67. The largest absolute Gasteiger partial charge is 0.480 e. The molecule has 1 unspecified atom stereocenters. The number of aromatic nitrogens is 4. The molecule has 0 aliphatic carbocycles. The maximum atomic E-state index is 14.5. The van der Waals surface area contributed by atoms with Crippen LogP contribution in [-0.2, 0) is 10.3 Å². The molecule has 0 fully saturated rings. The summed E-state index contributed by atoms with van der Waals surface area (Å²) in [6.45, 7) is 7.53. The molecule has 2 amide bonds. The molecule has 0 bridgehead atoms. The number of methoxy groups -OCH3 is 1. The highest BCUT2D eigenvalue weighted by molar-refractivity contribution is 6.31. The van der Waals surface area contributed by atoms with Gasteiger partial charge in [0.2, 0.25) is 5.88 Å². The SMILES string of the molecule is COc1nc(OCCO)ncc1-c1nc2c(n1C(C)C)C1(C(=O)Nc3cc(C)ccc31)N(c1cc(Cl)ccc1C)C2=O. The van der Waals surface area contributed by atoms with E-state index in [1.165, 1.54) is 18.2 Å². The Labute approximate surface area is 247 Å². The average Bonchev–Trinajstić information content (AvgIpc) is 3.57. The molecule has 0 saturated heterocycles. The van der Waals surface area contributed by atoms with Crippen LogP contribution in [0.2, 0.25) is 5.02 Å². The highest BCUT2D eigenvalue weighted by Gasteiger charge is 2.64. The Bertz CT molecular complexity index is 1770. The first-order chi connectivity index (χ1) is 20.1. The predicted octanol–water partition coefficient (Wildman–Crippen LogP) is 4.43. The Morgan fingerprint density at radius 1 is 1.12 bits per heavy atom. The number of amides is 2. The second-order valence-electron chi connectivity index (χ2n) is 10.5. The van der Waals surface area contributed by atoms with E-state index >= 15 is 0 Å². The minimum absolute atomic E-state index is 0.0151. The number of nitrogens with one attached hydrogen (secondary N) is 1. The number of aryl methyl sites for hydroxylation is 2. The van der Waals surface area contributed by atoms with E-state index in [1.807, 2.05) is 56.5 Å². The number of hydrogen-bond donors (Lipinski definition) is 2. The number of ether oxygens (including phenoxy) is 2. The van der Waals surface area contributed by atoms with E-state index in [4.69, 9.17) is 31.2 Å². The number of fused-ring (bicyclic) bond motifs is 4. The molecule has 2 aromatic heterocycles. The van der Waals surface area contributed by atoms with Crippen LogP contribution in [0.3, 0.4) is 0 Å². The molecule has 2 aliphatic rings. The molecule has 4 aromatic rings. The number of imidazole rings is 1.